The topological polar surface area (TPSA) is 100 Å². The van der Waals surface area contributed by atoms with Gasteiger partial charge >= 0.3 is 15.2 Å². The van der Waals surface area contributed by atoms with Crippen molar-refractivity contribution in [3.63, 3.8) is 0 Å². The minimum Gasteiger partial charge on any atom is -0.342 e. The summed E-state index contributed by atoms with van der Waals surface area (Å²) in [5.41, 5.74) is 0.817. The average Bonchev–Trinajstić information content (AvgIpc) is 3.38. The zero-order valence-electron chi connectivity index (χ0n) is 15.3. The first kappa shape index (κ1) is 21.3. The molecule has 0 aromatic heterocycles. The fourth-order valence-electron chi connectivity index (χ4n) is 3.10. The van der Waals surface area contributed by atoms with Crippen LogP contribution in [0.15, 0.2) is 24.3 Å². The molecule has 1 aliphatic rings. The van der Waals surface area contributed by atoms with E-state index in [1.807, 2.05) is 0 Å². The van der Waals surface area contributed by atoms with Gasteiger partial charge in [-0.2, -0.15) is 0 Å². The molecule has 0 saturated heterocycles. The second-order valence-corrected chi connectivity index (χ2v) is 10.3. The average molecular weight is 405 g/mol. The Balaban J connectivity index is 2.30. The molecule has 26 heavy (non-hydrogen) atoms. The number of amides is 1. The molecule has 8 nitrogen and oxygen atoms in total. The van der Waals surface area contributed by atoms with E-state index in [9.17, 15) is 13.9 Å². The van der Waals surface area contributed by atoms with Crippen LogP contribution >= 0.6 is 15.2 Å². The third-order valence-corrected chi connectivity index (χ3v) is 9.11. The molecule has 1 N–H and O–H groups in total. The van der Waals surface area contributed by atoms with Crippen LogP contribution in [0.25, 0.3) is 0 Å². The van der Waals surface area contributed by atoms with E-state index in [4.69, 9.17) is 18.1 Å². The molecule has 0 aliphatic heterocycles. The van der Waals surface area contributed by atoms with Crippen LogP contribution in [-0.4, -0.2) is 39.1 Å². The summed E-state index contributed by atoms with van der Waals surface area (Å²) in [6, 6.07) is 6.84. The maximum Gasteiger partial charge on any atom is 0.361 e. The first-order valence-electron chi connectivity index (χ1n) is 8.29. The van der Waals surface area contributed by atoms with E-state index in [2.05, 4.69) is 5.32 Å². The molecule has 1 fully saturated rings. The van der Waals surface area contributed by atoms with E-state index < -0.39 is 20.5 Å². The van der Waals surface area contributed by atoms with Crippen molar-refractivity contribution in [2.45, 2.75) is 31.5 Å². The molecule has 1 amide bonds. The molecule has 1 saturated carbocycles. The van der Waals surface area contributed by atoms with E-state index in [0.717, 1.165) is 5.56 Å². The molecule has 2 rings (SSSR count). The predicted octanol–water partition coefficient (Wildman–Crippen LogP) is 2.99. The fraction of sp³-hybridized carbons (Fsp3) is 0.562. The molecule has 1 aromatic carbocycles. The SMILES string of the molecule is CCOP(=O)(OCC)c1ccc(C2CC2(NC=O)P(=O)(OC)OC)cc1. The Morgan fingerprint density at radius 2 is 1.65 bits per heavy atom. The molecule has 1 aromatic rings. The molecule has 1 aliphatic carbocycles. The van der Waals surface area contributed by atoms with Gasteiger partial charge in [0.2, 0.25) is 6.41 Å². The van der Waals surface area contributed by atoms with Gasteiger partial charge in [-0.15, -0.1) is 0 Å². The summed E-state index contributed by atoms with van der Waals surface area (Å²) >= 11 is 0. The van der Waals surface area contributed by atoms with Crippen LogP contribution in [0.1, 0.15) is 31.7 Å². The predicted molar refractivity (Wildman–Crippen MR) is 97.8 cm³/mol. The molecular formula is C16H25NO7P2. The molecule has 0 spiro atoms. The quantitative estimate of drug-likeness (QED) is 0.446. The van der Waals surface area contributed by atoms with Gasteiger partial charge in [0, 0.05) is 20.1 Å². The van der Waals surface area contributed by atoms with Crippen LogP contribution in [0.5, 0.6) is 0 Å². The van der Waals surface area contributed by atoms with Crippen molar-refractivity contribution in [1.29, 1.82) is 0 Å². The smallest absolute Gasteiger partial charge is 0.342 e. The van der Waals surface area contributed by atoms with Gasteiger partial charge in [-0.25, -0.2) is 0 Å². The van der Waals surface area contributed by atoms with Gasteiger partial charge in [0.05, 0.1) is 18.5 Å². The van der Waals surface area contributed by atoms with E-state index >= 15 is 0 Å². The first-order chi connectivity index (χ1) is 12.4. The molecule has 10 heteroatoms. The third kappa shape index (κ3) is 3.68. The summed E-state index contributed by atoms with van der Waals surface area (Å²) in [6.45, 7) is 4.02. The third-order valence-electron chi connectivity index (χ3n) is 4.42. The van der Waals surface area contributed by atoms with E-state index in [1.54, 1.807) is 38.1 Å². The monoisotopic (exact) mass is 405 g/mol. The zero-order chi connectivity index (χ0) is 19.4. The van der Waals surface area contributed by atoms with E-state index in [-0.39, 0.29) is 19.1 Å². The van der Waals surface area contributed by atoms with Crippen LogP contribution in [0, 0.1) is 0 Å². The number of hydrogen-bond donors (Lipinski definition) is 1. The number of hydrogen-bond acceptors (Lipinski definition) is 7. The fourth-order valence-corrected chi connectivity index (χ4v) is 6.62. The number of carbonyl (C=O) groups is 1. The largest absolute Gasteiger partial charge is 0.361 e. The Bertz CT molecular complexity index is 706. The molecule has 2 unspecified atom stereocenters. The minimum atomic E-state index is -3.52. The Hall–Kier alpha value is -1.01. The maximum absolute atomic E-state index is 12.9. The number of benzene rings is 1. The van der Waals surface area contributed by atoms with Gasteiger partial charge in [-0.1, -0.05) is 12.1 Å². The summed E-state index contributed by atoms with van der Waals surface area (Å²) in [4.78, 5) is 11.0. The van der Waals surface area contributed by atoms with Gasteiger partial charge in [0.25, 0.3) is 0 Å². The minimum absolute atomic E-state index is 0.244. The van der Waals surface area contributed by atoms with Crippen LogP contribution in [-0.2, 0) is 32.0 Å². The Morgan fingerprint density at radius 1 is 1.12 bits per heavy atom. The second-order valence-electron chi connectivity index (χ2n) is 5.73. The number of rotatable bonds is 11. The number of nitrogens with one attached hydrogen (secondary N) is 1. The summed E-state index contributed by atoms with van der Waals surface area (Å²) in [5.74, 6) is -0.244. The highest BCUT2D eigenvalue weighted by Gasteiger charge is 2.68. The normalized spacial score (nSPS) is 22.8. The van der Waals surface area contributed by atoms with Gasteiger partial charge < -0.3 is 23.4 Å². The van der Waals surface area contributed by atoms with Gasteiger partial charge in [0.15, 0.2) is 0 Å². The molecule has 0 radical (unpaired) electrons. The van der Waals surface area contributed by atoms with Gasteiger partial charge in [-0.05, 0) is 38.0 Å². The zero-order valence-corrected chi connectivity index (χ0v) is 17.1. The van der Waals surface area contributed by atoms with Crippen molar-refractivity contribution < 1.29 is 32.0 Å². The van der Waals surface area contributed by atoms with Crippen LogP contribution in [0.4, 0.5) is 0 Å². The van der Waals surface area contributed by atoms with E-state index in [1.165, 1.54) is 14.2 Å². The van der Waals surface area contributed by atoms with Crippen molar-refractivity contribution in [2.24, 2.45) is 0 Å². The van der Waals surface area contributed by atoms with Crippen LogP contribution in [0.3, 0.4) is 0 Å². The first-order valence-corrected chi connectivity index (χ1v) is 11.4. The lowest BCUT2D eigenvalue weighted by molar-refractivity contribution is -0.110. The second kappa shape index (κ2) is 8.34. The lowest BCUT2D eigenvalue weighted by Crippen LogP contribution is -2.33. The summed E-state index contributed by atoms with van der Waals surface area (Å²) in [7, 11) is -4.31. The lowest BCUT2D eigenvalue weighted by Gasteiger charge is -2.25. The Labute approximate surface area is 153 Å². The van der Waals surface area contributed by atoms with Crippen molar-refractivity contribution in [3.05, 3.63) is 29.8 Å². The van der Waals surface area contributed by atoms with Crippen molar-refractivity contribution in [2.75, 3.05) is 27.4 Å². The van der Waals surface area contributed by atoms with Gasteiger partial charge in [0.1, 0.15) is 5.28 Å². The van der Waals surface area contributed by atoms with Crippen molar-refractivity contribution in [3.8, 4) is 0 Å². The van der Waals surface area contributed by atoms with Crippen LogP contribution in [0.2, 0.25) is 0 Å². The van der Waals surface area contributed by atoms with Crippen molar-refractivity contribution >= 4 is 26.9 Å². The highest BCUT2D eigenvalue weighted by molar-refractivity contribution is 7.62. The van der Waals surface area contributed by atoms with Crippen LogP contribution < -0.4 is 10.6 Å². The standard InChI is InChI=1S/C16H25NO7P2/c1-5-23-25(19,24-6-2)14-9-7-13(8-10-14)15-11-16(15,17-12-18)26(20,21-3)22-4/h7-10,12,15H,5-6,11H2,1-4H3,(H,17,18). The molecule has 0 bridgehead atoms. The summed E-state index contributed by atoms with van der Waals surface area (Å²) in [6.07, 6.45) is 0.913. The highest BCUT2D eigenvalue weighted by Crippen LogP contribution is 2.74. The Morgan fingerprint density at radius 3 is 2.08 bits per heavy atom. The van der Waals surface area contributed by atoms with E-state index in [0.29, 0.717) is 18.1 Å². The molecule has 146 valence electrons. The molecule has 0 heterocycles. The maximum atomic E-state index is 12.9. The lowest BCUT2D eigenvalue weighted by atomic mass is 10.1. The molecule has 2 atom stereocenters. The highest BCUT2D eigenvalue weighted by atomic mass is 31.2. The molecular weight excluding hydrogens is 380 g/mol. The summed E-state index contributed by atoms with van der Waals surface area (Å²) in [5, 5.41) is 1.96. The summed E-state index contributed by atoms with van der Waals surface area (Å²) < 4.78 is 46.5. The van der Waals surface area contributed by atoms with Crippen molar-refractivity contribution in [1.82, 2.24) is 5.32 Å². The number of carbonyl (C=O) groups excluding carboxylic acids is 1. The Kier molecular flexibility index (Phi) is 6.83. The van der Waals surface area contributed by atoms with Gasteiger partial charge in [-0.3, -0.25) is 13.9 Å².